The summed E-state index contributed by atoms with van der Waals surface area (Å²) in [6.07, 6.45) is 0.827. The zero-order valence-corrected chi connectivity index (χ0v) is 13.0. The van der Waals surface area contributed by atoms with Gasteiger partial charge < -0.3 is 5.11 Å². The lowest BCUT2D eigenvalue weighted by molar-refractivity contribution is 0.212. The van der Waals surface area contributed by atoms with Gasteiger partial charge in [0.05, 0.1) is 6.20 Å². The van der Waals surface area contributed by atoms with E-state index in [1.165, 1.54) is 4.80 Å². The van der Waals surface area contributed by atoms with Crippen LogP contribution in [-0.4, -0.2) is 29.9 Å². The summed E-state index contributed by atoms with van der Waals surface area (Å²) in [4.78, 5) is 1.44. The number of halogens is 2. The van der Waals surface area contributed by atoms with Gasteiger partial charge in [-0.25, -0.2) is 0 Å². The van der Waals surface area contributed by atoms with Crippen LogP contribution in [0.3, 0.4) is 0 Å². The molecule has 17 heavy (non-hydrogen) atoms. The van der Waals surface area contributed by atoms with Gasteiger partial charge in [0.1, 0.15) is 20.1 Å². The molecule has 2 heterocycles. The molecule has 1 atom stereocenters. The summed E-state index contributed by atoms with van der Waals surface area (Å²) in [5.41, 5.74) is 1.25. The fourth-order valence-corrected chi connectivity index (χ4v) is 2.88. The molecule has 1 N–H and O–H groups in total. The van der Waals surface area contributed by atoms with E-state index in [1.54, 1.807) is 17.9 Å². The van der Waals surface area contributed by atoms with E-state index in [-0.39, 0.29) is 0 Å². The Bertz CT molecular complexity index is 537. The molecule has 0 aliphatic carbocycles. The van der Waals surface area contributed by atoms with E-state index < -0.39 is 6.10 Å². The normalized spacial score (nSPS) is 13.0. The van der Waals surface area contributed by atoms with Crippen molar-refractivity contribution in [2.24, 2.45) is 7.05 Å². The van der Waals surface area contributed by atoms with E-state index in [4.69, 9.17) is 0 Å². The third kappa shape index (κ3) is 2.38. The minimum absolute atomic E-state index is 0.546. The second kappa shape index (κ2) is 5.02. The van der Waals surface area contributed by atoms with Crippen molar-refractivity contribution in [1.82, 2.24) is 24.8 Å². The number of rotatable bonds is 3. The Labute approximate surface area is 120 Å². The first-order valence-electron chi connectivity index (χ1n) is 5.00. The van der Waals surface area contributed by atoms with Crippen molar-refractivity contribution in [2.75, 3.05) is 0 Å². The first-order valence-corrected chi connectivity index (χ1v) is 6.87. The molecule has 0 aliphatic heterocycles. The van der Waals surface area contributed by atoms with Crippen molar-refractivity contribution in [3.63, 3.8) is 0 Å². The van der Waals surface area contributed by atoms with Crippen LogP contribution < -0.4 is 0 Å². The molecular formula is C9H11BrIN5O. The Morgan fingerprint density at radius 1 is 1.53 bits per heavy atom. The molecule has 0 saturated heterocycles. The summed E-state index contributed by atoms with van der Waals surface area (Å²) in [7, 11) is 1.73. The Morgan fingerprint density at radius 2 is 2.24 bits per heavy atom. The zero-order chi connectivity index (χ0) is 12.6. The maximum Gasteiger partial charge on any atom is 0.149 e. The van der Waals surface area contributed by atoms with E-state index in [9.17, 15) is 5.11 Å². The molecule has 1 unspecified atom stereocenters. The Kier molecular flexibility index (Phi) is 3.83. The molecule has 2 rings (SSSR count). The first kappa shape index (κ1) is 13.0. The fraction of sp³-hybridized carbons (Fsp3) is 0.444. The monoisotopic (exact) mass is 411 g/mol. The molecule has 2 aromatic heterocycles. The van der Waals surface area contributed by atoms with Gasteiger partial charge in [-0.3, -0.25) is 4.68 Å². The molecule has 6 nitrogen and oxygen atoms in total. The van der Waals surface area contributed by atoms with Crippen molar-refractivity contribution in [2.45, 2.75) is 19.6 Å². The number of hydrogen-bond acceptors (Lipinski definition) is 4. The minimum atomic E-state index is -0.815. The molecule has 0 bridgehead atoms. The molecule has 8 heteroatoms. The standard InChI is InChI=1S/C9H11BrIN5O/c1-3-16-8(10)5(4-12-16)7(17)6-9(11)14-15(2)13-6/h4,7,17H,3H2,1-2H3. The van der Waals surface area contributed by atoms with Crippen LogP contribution >= 0.6 is 38.5 Å². The summed E-state index contributed by atoms with van der Waals surface area (Å²) in [6, 6.07) is 0. The van der Waals surface area contributed by atoms with Gasteiger partial charge in [-0.1, -0.05) is 0 Å². The second-order valence-corrected chi connectivity index (χ2v) is 5.25. The van der Waals surface area contributed by atoms with Gasteiger partial charge in [-0.05, 0) is 45.4 Å². The molecule has 0 aromatic carbocycles. The molecular weight excluding hydrogens is 401 g/mol. The number of nitrogens with zero attached hydrogens (tertiary/aromatic N) is 5. The summed E-state index contributed by atoms with van der Waals surface area (Å²) in [5, 5.41) is 22.7. The summed E-state index contributed by atoms with van der Waals surface area (Å²) < 4.78 is 3.23. The van der Waals surface area contributed by atoms with Gasteiger partial charge in [0.25, 0.3) is 0 Å². The number of aryl methyl sites for hydroxylation is 2. The molecule has 0 fully saturated rings. The molecule has 2 aromatic rings. The van der Waals surface area contributed by atoms with Crippen LogP contribution in [0.15, 0.2) is 10.8 Å². The van der Waals surface area contributed by atoms with Crippen molar-refractivity contribution in [3.05, 3.63) is 25.8 Å². The highest BCUT2D eigenvalue weighted by Crippen LogP contribution is 2.29. The van der Waals surface area contributed by atoms with Crippen LogP contribution in [-0.2, 0) is 13.6 Å². The number of aliphatic hydroxyl groups excluding tert-OH is 1. The van der Waals surface area contributed by atoms with Gasteiger partial charge >= 0.3 is 0 Å². The highest BCUT2D eigenvalue weighted by molar-refractivity contribution is 14.1. The maximum atomic E-state index is 10.3. The van der Waals surface area contributed by atoms with Crippen LogP contribution in [0.5, 0.6) is 0 Å². The Hall–Kier alpha value is -0.480. The topological polar surface area (TPSA) is 68.8 Å². The summed E-state index contributed by atoms with van der Waals surface area (Å²) >= 11 is 5.48. The molecule has 92 valence electrons. The van der Waals surface area contributed by atoms with Gasteiger partial charge in [0.15, 0.2) is 0 Å². The fourth-order valence-electron chi connectivity index (χ4n) is 1.50. The molecule has 0 aliphatic rings. The Balaban J connectivity index is 2.40. The van der Waals surface area contributed by atoms with Gasteiger partial charge in [-0.15, -0.1) is 5.10 Å². The number of aromatic nitrogens is 5. The third-order valence-electron chi connectivity index (χ3n) is 2.35. The van der Waals surface area contributed by atoms with E-state index in [1.807, 2.05) is 6.92 Å². The van der Waals surface area contributed by atoms with Gasteiger partial charge in [0.2, 0.25) is 0 Å². The van der Waals surface area contributed by atoms with Crippen molar-refractivity contribution >= 4 is 38.5 Å². The van der Waals surface area contributed by atoms with Gasteiger partial charge in [-0.2, -0.15) is 15.0 Å². The first-order chi connectivity index (χ1) is 8.04. The Morgan fingerprint density at radius 3 is 2.71 bits per heavy atom. The van der Waals surface area contributed by atoms with Crippen LogP contribution in [0, 0.1) is 3.70 Å². The van der Waals surface area contributed by atoms with Crippen molar-refractivity contribution in [3.8, 4) is 0 Å². The van der Waals surface area contributed by atoms with Crippen molar-refractivity contribution in [1.29, 1.82) is 0 Å². The minimum Gasteiger partial charge on any atom is -0.382 e. The third-order valence-corrected chi connectivity index (χ3v) is 3.99. The van der Waals surface area contributed by atoms with Crippen LogP contribution in [0.4, 0.5) is 0 Å². The number of hydrogen-bond donors (Lipinski definition) is 1. The molecule has 0 amide bonds. The predicted molar refractivity (Wildman–Crippen MR) is 73.4 cm³/mol. The van der Waals surface area contributed by atoms with Crippen LogP contribution in [0.2, 0.25) is 0 Å². The van der Waals surface area contributed by atoms with Gasteiger partial charge in [0, 0.05) is 19.2 Å². The predicted octanol–water partition coefficient (Wildman–Crippen LogP) is 1.48. The second-order valence-electron chi connectivity index (χ2n) is 3.47. The van der Waals surface area contributed by atoms with Crippen LogP contribution in [0.1, 0.15) is 24.3 Å². The largest absolute Gasteiger partial charge is 0.382 e. The van der Waals surface area contributed by atoms with E-state index >= 15 is 0 Å². The van der Waals surface area contributed by atoms with E-state index in [0.717, 1.165) is 11.1 Å². The summed E-state index contributed by atoms with van der Waals surface area (Å²) in [6.45, 7) is 2.73. The molecule has 0 saturated carbocycles. The average molecular weight is 412 g/mol. The van der Waals surface area contributed by atoms with Crippen LogP contribution in [0.25, 0.3) is 0 Å². The quantitative estimate of drug-likeness (QED) is 0.776. The van der Waals surface area contributed by atoms with Crippen molar-refractivity contribution < 1.29 is 5.11 Å². The average Bonchev–Trinajstić information content (AvgIpc) is 2.81. The van der Waals surface area contributed by atoms with E-state index in [2.05, 4.69) is 53.8 Å². The lowest BCUT2D eigenvalue weighted by Crippen LogP contribution is -2.04. The number of aliphatic hydroxyl groups is 1. The highest BCUT2D eigenvalue weighted by atomic mass is 127. The van der Waals surface area contributed by atoms with E-state index in [0.29, 0.717) is 15.0 Å². The summed E-state index contributed by atoms with van der Waals surface area (Å²) in [5.74, 6) is 0. The molecule has 0 radical (unpaired) electrons. The SMILES string of the molecule is CCn1ncc(C(O)c2nn(C)nc2I)c1Br. The molecule has 0 spiro atoms. The lowest BCUT2D eigenvalue weighted by Gasteiger charge is -2.06. The lowest BCUT2D eigenvalue weighted by atomic mass is 10.1. The zero-order valence-electron chi connectivity index (χ0n) is 9.30. The maximum absolute atomic E-state index is 10.3. The smallest absolute Gasteiger partial charge is 0.149 e. The highest BCUT2D eigenvalue weighted by Gasteiger charge is 2.23.